The molecule has 1 amide bonds. The highest BCUT2D eigenvalue weighted by molar-refractivity contribution is 6.33. The molecule has 0 heterocycles. The zero-order valence-corrected chi connectivity index (χ0v) is 12.1. The predicted molar refractivity (Wildman–Crippen MR) is 84.8 cm³/mol. The van der Waals surface area contributed by atoms with Crippen molar-refractivity contribution in [2.45, 2.75) is 0 Å². The molecule has 0 fully saturated rings. The molecule has 2 rings (SSSR count). The van der Waals surface area contributed by atoms with Gasteiger partial charge in [-0.15, -0.1) is 0 Å². The third-order valence-electron chi connectivity index (χ3n) is 2.85. The third-order valence-corrected chi connectivity index (χ3v) is 3.16. The number of hydrogen-bond acceptors (Lipinski definition) is 4. The Morgan fingerprint density at radius 1 is 1.24 bits per heavy atom. The number of hydrogen-bond donors (Lipinski definition) is 3. The molecule has 0 spiro atoms. The normalized spacial score (nSPS) is 10.1. The molecule has 6 heteroatoms. The zero-order valence-electron chi connectivity index (χ0n) is 11.3. The Morgan fingerprint density at radius 3 is 2.67 bits per heavy atom. The largest absolute Gasteiger partial charge is 0.490 e. The summed E-state index contributed by atoms with van der Waals surface area (Å²) in [7, 11) is 0. The molecule has 2 aromatic carbocycles. The first-order valence-corrected chi connectivity index (χ1v) is 6.76. The number of anilines is 2. The summed E-state index contributed by atoms with van der Waals surface area (Å²) < 4.78 is 5.56. The van der Waals surface area contributed by atoms with E-state index >= 15 is 0 Å². The Hall–Kier alpha value is -2.40. The Bertz CT molecular complexity index is 647. The molecule has 0 saturated carbocycles. The highest BCUT2D eigenvalue weighted by Crippen LogP contribution is 2.23. The van der Waals surface area contributed by atoms with Crippen molar-refractivity contribution >= 4 is 28.9 Å². The monoisotopic (exact) mass is 305 g/mol. The minimum atomic E-state index is -0.508. The minimum absolute atomic E-state index is 0.374. The van der Waals surface area contributed by atoms with E-state index in [9.17, 15) is 4.79 Å². The van der Waals surface area contributed by atoms with Gasteiger partial charge in [0.25, 0.3) is 0 Å². The Labute approximate surface area is 127 Å². The maximum Gasteiger partial charge on any atom is 0.248 e. The lowest BCUT2D eigenvalue weighted by atomic mass is 10.2. The van der Waals surface area contributed by atoms with Gasteiger partial charge in [0, 0.05) is 12.1 Å². The van der Waals surface area contributed by atoms with Crippen LogP contribution in [0.5, 0.6) is 5.75 Å². The summed E-state index contributed by atoms with van der Waals surface area (Å²) >= 11 is 6.06. The zero-order chi connectivity index (χ0) is 15.2. The van der Waals surface area contributed by atoms with Crippen molar-refractivity contribution in [3.05, 3.63) is 53.1 Å². The topological polar surface area (TPSA) is 90.4 Å². The lowest BCUT2D eigenvalue weighted by Gasteiger charge is -2.11. The van der Waals surface area contributed by atoms with Crippen molar-refractivity contribution in [2.24, 2.45) is 5.73 Å². The van der Waals surface area contributed by atoms with Gasteiger partial charge >= 0.3 is 0 Å². The molecule has 0 radical (unpaired) electrons. The van der Waals surface area contributed by atoms with Gasteiger partial charge in [-0.2, -0.15) is 0 Å². The number of rotatable bonds is 6. The van der Waals surface area contributed by atoms with Crippen molar-refractivity contribution in [2.75, 3.05) is 24.2 Å². The second-order valence-electron chi connectivity index (χ2n) is 4.37. The first kappa shape index (κ1) is 15.0. The molecule has 5 N–H and O–H groups in total. The van der Waals surface area contributed by atoms with E-state index in [1.807, 2.05) is 18.2 Å². The maximum atomic E-state index is 11.0. The predicted octanol–water partition coefficient (Wildman–Crippen LogP) is 2.51. The number of amides is 1. The van der Waals surface area contributed by atoms with E-state index in [0.29, 0.717) is 40.9 Å². The van der Waals surface area contributed by atoms with Gasteiger partial charge in [0.1, 0.15) is 12.4 Å². The fourth-order valence-electron chi connectivity index (χ4n) is 1.77. The van der Waals surface area contributed by atoms with Gasteiger partial charge in [-0.25, -0.2) is 0 Å². The summed E-state index contributed by atoms with van der Waals surface area (Å²) in [5.41, 5.74) is 12.6. The lowest BCUT2D eigenvalue weighted by molar-refractivity contribution is 0.100. The van der Waals surface area contributed by atoms with Crippen LogP contribution in [0.15, 0.2) is 42.5 Å². The standard InChI is InChI=1S/C15H16ClN3O2/c16-11-9-10(15(18)20)5-6-13(11)19-7-8-21-14-4-2-1-3-12(14)17/h1-6,9,19H,7-8,17H2,(H2,18,20). The van der Waals surface area contributed by atoms with Crippen LogP contribution in [0.2, 0.25) is 5.02 Å². The van der Waals surface area contributed by atoms with Crippen molar-refractivity contribution < 1.29 is 9.53 Å². The van der Waals surface area contributed by atoms with Gasteiger partial charge < -0.3 is 21.5 Å². The van der Waals surface area contributed by atoms with Gasteiger partial charge in [0.05, 0.1) is 16.4 Å². The number of carbonyl (C=O) groups is 1. The third kappa shape index (κ3) is 4.03. The van der Waals surface area contributed by atoms with Crippen LogP contribution < -0.4 is 21.5 Å². The number of carbonyl (C=O) groups excluding carboxylic acids is 1. The van der Waals surface area contributed by atoms with Crippen LogP contribution in [-0.4, -0.2) is 19.1 Å². The minimum Gasteiger partial charge on any atom is -0.490 e. The smallest absolute Gasteiger partial charge is 0.248 e. The SMILES string of the molecule is NC(=O)c1ccc(NCCOc2ccccc2N)c(Cl)c1. The Morgan fingerprint density at radius 2 is 2.00 bits per heavy atom. The van der Waals surface area contributed by atoms with Crippen LogP contribution in [0.4, 0.5) is 11.4 Å². The lowest BCUT2D eigenvalue weighted by Crippen LogP contribution is -2.13. The molecule has 0 aliphatic carbocycles. The van der Waals surface area contributed by atoms with Crippen LogP contribution in [0, 0.1) is 0 Å². The van der Waals surface area contributed by atoms with E-state index in [1.54, 1.807) is 18.2 Å². The molecule has 0 saturated heterocycles. The summed E-state index contributed by atoms with van der Waals surface area (Å²) in [6, 6.07) is 12.2. The summed E-state index contributed by atoms with van der Waals surface area (Å²) in [5, 5.41) is 3.55. The fourth-order valence-corrected chi connectivity index (χ4v) is 2.02. The van der Waals surface area contributed by atoms with E-state index < -0.39 is 5.91 Å². The van der Waals surface area contributed by atoms with Crippen LogP contribution in [-0.2, 0) is 0 Å². The summed E-state index contributed by atoms with van der Waals surface area (Å²) in [6.45, 7) is 0.978. The van der Waals surface area contributed by atoms with Crippen molar-refractivity contribution in [3.63, 3.8) is 0 Å². The van der Waals surface area contributed by atoms with Crippen LogP contribution in [0.3, 0.4) is 0 Å². The second-order valence-corrected chi connectivity index (χ2v) is 4.78. The molecule has 0 bridgehead atoms. The molecule has 0 unspecified atom stereocenters. The first-order valence-electron chi connectivity index (χ1n) is 6.38. The quantitative estimate of drug-likeness (QED) is 0.565. The Kier molecular flexibility index (Phi) is 4.90. The summed E-state index contributed by atoms with van der Waals surface area (Å²) in [4.78, 5) is 11.0. The Balaban J connectivity index is 1.87. The van der Waals surface area contributed by atoms with Crippen LogP contribution in [0.25, 0.3) is 0 Å². The first-order chi connectivity index (χ1) is 10.1. The number of nitrogens with two attached hydrogens (primary N) is 2. The summed E-state index contributed by atoms with van der Waals surface area (Å²) in [5.74, 6) is 0.140. The maximum absolute atomic E-state index is 11.0. The molecule has 5 nitrogen and oxygen atoms in total. The highest BCUT2D eigenvalue weighted by atomic mass is 35.5. The number of nitrogens with one attached hydrogen (secondary N) is 1. The number of nitrogen functional groups attached to an aromatic ring is 1. The molecule has 0 aliphatic rings. The molecule has 21 heavy (non-hydrogen) atoms. The second kappa shape index (κ2) is 6.85. The van der Waals surface area contributed by atoms with E-state index in [1.165, 1.54) is 6.07 Å². The fraction of sp³-hybridized carbons (Fsp3) is 0.133. The van der Waals surface area contributed by atoms with Gasteiger partial charge in [0.15, 0.2) is 0 Å². The van der Waals surface area contributed by atoms with Gasteiger partial charge in [-0.3, -0.25) is 4.79 Å². The summed E-state index contributed by atoms with van der Waals surface area (Å²) in [6.07, 6.45) is 0. The van der Waals surface area contributed by atoms with Crippen molar-refractivity contribution in [3.8, 4) is 5.75 Å². The van der Waals surface area contributed by atoms with E-state index in [0.717, 1.165) is 0 Å². The number of primary amides is 1. The number of ether oxygens (including phenoxy) is 1. The number of halogens is 1. The molecular formula is C15H16ClN3O2. The van der Waals surface area contributed by atoms with Crippen molar-refractivity contribution in [1.29, 1.82) is 0 Å². The molecule has 2 aromatic rings. The van der Waals surface area contributed by atoms with Gasteiger partial charge in [-0.1, -0.05) is 23.7 Å². The number of para-hydroxylation sites is 2. The van der Waals surface area contributed by atoms with E-state index in [2.05, 4.69) is 5.32 Å². The average molecular weight is 306 g/mol. The van der Waals surface area contributed by atoms with Crippen molar-refractivity contribution in [1.82, 2.24) is 0 Å². The molecule has 0 aromatic heterocycles. The molecular weight excluding hydrogens is 290 g/mol. The van der Waals surface area contributed by atoms with Crippen LogP contribution in [0.1, 0.15) is 10.4 Å². The van der Waals surface area contributed by atoms with E-state index in [4.69, 9.17) is 27.8 Å². The van der Waals surface area contributed by atoms with Gasteiger partial charge in [0.2, 0.25) is 5.91 Å². The molecule has 0 atom stereocenters. The van der Waals surface area contributed by atoms with Gasteiger partial charge in [-0.05, 0) is 30.3 Å². The highest BCUT2D eigenvalue weighted by Gasteiger charge is 2.05. The average Bonchev–Trinajstić information content (AvgIpc) is 2.46. The molecule has 0 aliphatic heterocycles. The van der Waals surface area contributed by atoms with E-state index in [-0.39, 0.29) is 0 Å². The number of benzene rings is 2. The molecule has 110 valence electrons. The van der Waals surface area contributed by atoms with Crippen LogP contribution >= 0.6 is 11.6 Å².